The first-order valence-corrected chi connectivity index (χ1v) is 8.41. The van der Waals surface area contributed by atoms with E-state index in [0.29, 0.717) is 5.41 Å². The molecule has 1 saturated heterocycles. The van der Waals surface area contributed by atoms with E-state index in [1.54, 1.807) is 0 Å². The molecule has 0 unspecified atom stereocenters. The maximum Gasteiger partial charge on any atom is 0.193 e. The van der Waals surface area contributed by atoms with Gasteiger partial charge in [0.15, 0.2) is 5.96 Å². The lowest BCUT2D eigenvalue weighted by Gasteiger charge is -2.26. The Balaban J connectivity index is 1.78. The summed E-state index contributed by atoms with van der Waals surface area (Å²) in [4.78, 5) is 9.41. The summed E-state index contributed by atoms with van der Waals surface area (Å²) in [7, 11) is 1.92. The molecule has 1 heterocycles. The third-order valence-electron chi connectivity index (χ3n) is 5.22. The summed E-state index contributed by atoms with van der Waals surface area (Å²) < 4.78 is 0. The van der Waals surface area contributed by atoms with Gasteiger partial charge >= 0.3 is 0 Å². The van der Waals surface area contributed by atoms with Crippen molar-refractivity contribution in [2.75, 3.05) is 46.3 Å². The van der Waals surface area contributed by atoms with Crippen LogP contribution in [0.15, 0.2) is 4.99 Å². The number of guanidine groups is 1. The lowest BCUT2D eigenvalue weighted by molar-refractivity contribution is 0.299. The molecule has 2 fully saturated rings. The van der Waals surface area contributed by atoms with Crippen molar-refractivity contribution in [3.63, 3.8) is 0 Å². The zero-order valence-corrected chi connectivity index (χ0v) is 13.6. The van der Waals surface area contributed by atoms with E-state index < -0.39 is 0 Å². The Morgan fingerprint density at radius 1 is 1.20 bits per heavy atom. The second-order valence-electron chi connectivity index (χ2n) is 6.38. The first kappa shape index (κ1) is 15.6. The van der Waals surface area contributed by atoms with Crippen LogP contribution in [0.3, 0.4) is 0 Å². The molecule has 0 aromatic rings. The number of likely N-dealkylation sites (tertiary alicyclic amines) is 1. The molecule has 0 bridgehead atoms. The number of likely N-dealkylation sites (N-methyl/N-ethyl adjacent to an activating group) is 1. The molecule has 1 saturated carbocycles. The Morgan fingerprint density at radius 3 is 2.50 bits per heavy atom. The molecule has 2 rings (SSSR count). The fourth-order valence-electron chi connectivity index (χ4n) is 3.85. The van der Waals surface area contributed by atoms with Crippen molar-refractivity contribution in [3.8, 4) is 0 Å². The van der Waals surface area contributed by atoms with Crippen LogP contribution in [-0.2, 0) is 0 Å². The van der Waals surface area contributed by atoms with Crippen LogP contribution in [0.1, 0.15) is 46.0 Å². The number of rotatable bonds is 5. The Labute approximate surface area is 124 Å². The van der Waals surface area contributed by atoms with Crippen LogP contribution >= 0.6 is 0 Å². The lowest BCUT2D eigenvalue weighted by atomic mass is 9.86. The van der Waals surface area contributed by atoms with Crippen molar-refractivity contribution in [3.05, 3.63) is 0 Å². The highest BCUT2D eigenvalue weighted by molar-refractivity contribution is 5.80. The van der Waals surface area contributed by atoms with Crippen LogP contribution in [-0.4, -0.2) is 62.1 Å². The highest BCUT2D eigenvalue weighted by Crippen LogP contribution is 2.45. The Bertz CT molecular complexity index is 316. The smallest absolute Gasteiger partial charge is 0.193 e. The fraction of sp³-hybridized carbons (Fsp3) is 0.938. The van der Waals surface area contributed by atoms with E-state index in [4.69, 9.17) is 0 Å². The summed E-state index contributed by atoms with van der Waals surface area (Å²) in [5.74, 6) is 1.11. The Morgan fingerprint density at radius 2 is 1.90 bits per heavy atom. The first-order valence-electron chi connectivity index (χ1n) is 8.41. The maximum absolute atomic E-state index is 4.49. The predicted molar refractivity (Wildman–Crippen MR) is 86.2 cm³/mol. The van der Waals surface area contributed by atoms with E-state index in [-0.39, 0.29) is 0 Å². The van der Waals surface area contributed by atoms with E-state index in [9.17, 15) is 0 Å². The van der Waals surface area contributed by atoms with Crippen molar-refractivity contribution in [1.29, 1.82) is 0 Å². The van der Waals surface area contributed by atoms with Crippen LogP contribution < -0.4 is 5.32 Å². The molecule has 1 spiro atoms. The monoisotopic (exact) mass is 280 g/mol. The van der Waals surface area contributed by atoms with E-state index in [1.807, 2.05) is 7.05 Å². The minimum Gasteiger partial charge on any atom is -0.355 e. The number of hydrogen-bond donors (Lipinski definition) is 1. The third-order valence-corrected chi connectivity index (χ3v) is 5.22. The molecule has 0 atom stereocenters. The molecular weight excluding hydrogens is 248 g/mol. The summed E-state index contributed by atoms with van der Waals surface area (Å²) in [6, 6.07) is 0. The van der Waals surface area contributed by atoms with Crippen molar-refractivity contribution in [2.24, 2.45) is 10.4 Å². The van der Waals surface area contributed by atoms with Crippen LogP contribution in [0.2, 0.25) is 0 Å². The minimum atomic E-state index is 0.622. The van der Waals surface area contributed by atoms with Crippen molar-refractivity contribution in [2.45, 2.75) is 46.0 Å². The minimum absolute atomic E-state index is 0.622. The van der Waals surface area contributed by atoms with E-state index in [1.165, 1.54) is 45.2 Å². The quantitative estimate of drug-likeness (QED) is 0.618. The molecule has 4 heteroatoms. The standard InChI is InChI=1S/C16H32N4/c1-4-19(5-2)13-11-18-15(17-3)20-12-10-16(14-20)8-6-7-9-16/h4-14H2,1-3H3,(H,17,18). The van der Waals surface area contributed by atoms with Gasteiger partial charge in [-0.25, -0.2) is 0 Å². The first-order chi connectivity index (χ1) is 9.73. The Hall–Kier alpha value is -0.770. The second kappa shape index (κ2) is 7.30. The number of hydrogen-bond acceptors (Lipinski definition) is 2. The normalized spacial score (nSPS) is 22.2. The number of nitrogens with one attached hydrogen (secondary N) is 1. The molecule has 20 heavy (non-hydrogen) atoms. The van der Waals surface area contributed by atoms with Crippen LogP contribution in [0.5, 0.6) is 0 Å². The third kappa shape index (κ3) is 3.66. The van der Waals surface area contributed by atoms with Crippen LogP contribution in [0.25, 0.3) is 0 Å². The average Bonchev–Trinajstić information content (AvgIpc) is 3.10. The molecule has 0 amide bonds. The van der Waals surface area contributed by atoms with Crippen molar-refractivity contribution in [1.82, 2.24) is 15.1 Å². The molecule has 1 N–H and O–H groups in total. The summed E-state index contributed by atoms with van der Waals surface area (Å²) in [6.45, 7) is 11.2. The van der Waals surface area contributed by atoms with Crippen molar-refractivity contribution < 1.29 is 0 Å². The highest BCUT2D eigenvalue weighted by Gasteiger charge is 2.40. The fourth-order valence-corrected chi connectivity index (χ4v) is 3.85. The van der Waals surface area contributed by atoms with Gasteiger partial charge in [-0.2, -0.15) is 0 Å². The van der Waals surface area contributed by atoms with Gasteiger partial charge in [0.05, 0.1) is 0 Å². The topological polar surface area (TPSA) is 30.9 Å². The van der Waals surface area contributed by atoms with Gasteiger partial charge in [0, 0.05) is 33.2 Å². The summed E-state index contributed by atoms with van der Waals surface area (Å²) in [5, 5.41) is 3.55. The zero-order chi connectivity index (χ0) is 14.4. The molecule has 4 nitrogen and oxygen atoms in total. The SMILES string of the molecule is CCN(CC)CCNC(=NC)N1CCC2(CCCC2)C1. The number of nitrogens with zero attached hydrogens (tertiary/aromatic N) is 3. The van der Waals surface area contributed by atoms with Gasteiger partial charge in [-0.3, -0.25) is 4.99 Å². The van der Waals surface area contributed by atoms with Gasteiger partial charge in [0.1, 0.15) is 0 Å². The molecule has 2 aliphatic rings. The van der Waals surface area contributed by atoms with E-state index in [2.05, 4.69) is 34.0 Å². The van der Waals surface area contributed by atoms with Crippen LogP contribution in [0, 0.1) is 5.41 Å². The summed E-state index contributed by atoms with van der Waals surface area (Å²) >= 11 is 0. The second-order valence-corrected chi connectivity index (χ2v) is 6.38. The molecule has 1 aliphatic carbocycles. The van der Waals surface area contributed by atoms with Crippen molar-refractivity contribution >= 4 is 5.96 Å². The summed E-state index contributed by atoms with van der Waals surface area (Å²) in [6.07, 6.45) is 7.09. The molecular formula is C16H32N4. The molecule has 0 radical (unpaired) electrons. The van der Waals surface area contributed by atoms with Gasteiger partial charge < -0.3 is 15.1 Å². The van der Waals surface area contributed by atoms with Crippen LogP contribution in [0.4, 0.5) is 0 Å². The largest absolute Gasteiger partial charge is 0.355 e. The predicted octanol–water partition coefficient (Wildman–Crippen LogP) is 2.17. The van der Waals surface area contributed by atoms with E-state index in [0.717, 1.165) is 32.1 Å². The summed E-state index contributed by atoms with van der Waals surface area (Å²) in [5.41, 5.74) is 0.622. The number of aliphatic imine (C=N–C) groups is 1. The zero-order valence-electron chi connectivity index (χ0n) is 13.6. The van der Waals surface area contributed by atoms with Gasteiger partial charge in [0.25, 0.3) is 0 Å². The highest BCUT2D eigenvalue weighted by atomic mass is 15.3. The van der Waals surface area contributed by atoms with Gasteiger partial charge in [-0.15, -0.1) is 0 Å². The molecule has 116 valence electrons. The van der Waals surface area contributed by atoms with Gasteiger partial charge in [0.2, 0.25) is 0 Å². The molecule has 0 aromatic carbocycles. The van der Waals surface area contributed by atoms with E-state index >= 15 is 0 Å². The van der Waals surface area contributed by atoms with Gasteiger partial charge in [-0.1, -0.05) is 26.7 Å². The van der Waals surface area contributed by atoms with Gasteiger partial charge in [-0.05, 0) is 37.8 Å². The average molecular weight is 280 g/mol. The lowest BCUT2D eigenvalue weighted by Crippen LogP contribution is -2.44. The molecule has 1 aliphatic heterocycles. The maximum atomic E-state index is 4.49. The Kier molecular flexibility index (Phi) is 5.70. The molecule has 0 aromatic heterocycles.